The average Bonchev–Trinajstić information content (AvgIpc) is 2.25. The van der Waals surface area contributed by atoms with E-state index in [2.05, 4.69) is 0 Å². The normalized spacial score (nSPS) is 15.2. The van der Waals surface area contributed by atoms with Crippen LogP contribution in [0.1, 0.15) is 5.56 Å². The molecule has 16 heavy (non-hydrogen) atoms. The van der Waals surface area contributed by atoms with Crippen molar-refractivity contribution in [2.45, 2.75) is 6.61 Å². The van der Waals surface area contributed by atoms with Gasteiger partial charge in [-0.3, -0.25) is 0 Å². The number of hydrogen-bond acceptors (Lipinski definition) is 3. The van der Waals surface area contributed by atoms with Crippen LogP contribution in [0.3, 0.4) is 0 Å². The zero-order valence-electron chi connectivity index (χ0n) is 8.21. The summed E-state index contributed by atoms with van der Waals surface area (Å²) in [6, 6.07) is 2.70. The summed E-state index contributed by atoms with van der Waals surface area (Å²) in [4.78, 5) is 0. The first-order valence-electron chi connectivity index (χ1n) is 4.58. The minimum Gasteiger partial charge on any atom is -0.493 e. The molecule has 2 rings (SSSR count). The van der Waals surface area contributed by atoms with E-state index >= 15 is 0 Å². The van der Waals surface area contributed by atoms with Gasteiger partial charge in [-0.25, -0.2) is 0 Å². The van der Waals surface area contributed by atoms with Gasteiger partial charge >= 0.3 is 6.00 Å². The van der Waals surface area contributed by atoms with Crippen LogP contribution in [0.15, 0.2) is 18.2 Å². The molecule has 1 aliphatic rings. The molecule has 7 heteroatoms. The largest absolute Gasteiger partial charge is 0.493 e. The lowest BCUT2D eigenvalue weighted by molar-refractivity contribution is -0.0165. The number of hydrogen-bond donors (Lipinski definition) is 0. The van der Waals surface area contributed by atoms with Crippen molar-refractivity contribution in [2.75, 3.05) is 13.0 Å². The highest BCUT2D eigenvalue weighted by atomic mass is 35.8. The third-order valence-electron chi connectivity index (χ3n) is 1.99. The SMILES string of the molecule is Cl[Si](Cl)(Cl)COc1ccc2c(c1)COCO2. The van der Waals surface area contributed by atoms with Crippen LogP contribution in [0.5, 0.6) is 11.5 Å². The van der Waals surface area contributed by atoms with Gasteiger partial charge in [0.05, 0.1) is 6.61 Å². The fraction of sp³-hybridized carbons (Fsp3) is 0.333. The van der Waals surface area contributed by atoms with E-state index in [4.69, 9.17) is 47.4 Å². The molecular formula is C9H9Cl3O3Si. The summed E-state index contributed by atoms with van der Waals surface area (Å²) in [5.41, 5.74) is 0.940. The van der Waals surface area contributed by atoms with E-state index in [0.29, 0.717) is 12.4 Å². The number of ether oxygens (including phenoxy) is 3. The van der Waals surface area contributed by atoms with Crippen molar-refractivity contribution in [3.63, 3.8) is 0 Å². The highest BCUT2D eigenvalue weighted by Crippen LogP contribution is 2.29. The summed E-state index contributed by atoms with van der Waals surface area (Å²) >= 11 is 17.2. The van der Waals surface area contributed by atoms with Gasteiger partial charge in [0, 0.05) is 5.56 Å². The van der Waals surface area contributed by atoms with Crippen LogP contribution >= 0.6 is 33.2 Å². The van der Waals surface area contributed by atoms with Crippen molar-refractivity contribution >= 4 is 39.2 Å². The van der Waals surface area contributed by atoms with Gasteiger partial charge in [0.1, 0.15) is 17.7 Å². The molecule has 0 aliphatic carbocycles. The number of halogens is 3. The average molecular weight is 300 g/mol. The van der Waals surface area contributed by atoms with E-state index in [9.17, 15) is 0 Å². The quantitative estimate of drug-likeness (QED) is 0.634. The fourth-order valence-corrected chi connectivity index (χ4v) is 2.14. The minimum atomic E-state index is -2.74. The van der Waals surface area contributed by atoms with Crippen LogP contribution in [0.4, 0.5) is 0 Å². The molecule has 0 N–H and O–H groups in total. The second-order valence-corrected chi connectivity index (χ2v) is 12.4. The molecule has 0 atom stereocenters. The van der Waals surface area contributed by atoms with E-state index in [0.717, 1.165) is 11.3 Å². The topological polar surface area (TPSA) is 27.7 Å². The lowest BCUT2D eigenvalue weighted by Crippen LogP contribution is -2.22. The van der Waals surface area contributed by atoms with Gasteiger partial charge in [0.25, 0.3) is 0 Å². The smallest absolute Gasteiger partial charge is 0.377 e. The van der Waals surface area contributed by atoms with Crippen LogP contribution in [-0.4, -0.2) is 19.0 Å². The molecule has 1 aliphatic heterocycles. The first-order valence-corrected chi connectivity index (χ1v) is 9.82. The molecule has 1 aromatic rings. The molecule has 0 bridgehead atoms. The molecule has 3 nitrogen and oxygen atoms in total. The third-order valence-corrected chi connectivity index (χ3v) is 3.44. The highest BCUT2D eigenvalue weighted by molar-refractivity contribution is 7.64. The van der Waals surface area contributed by atoms with Gasteiger partial charge in [0.2, 0.25) is 0 Å². The zero-order valence-corrected chi connectivity index (χ0v) is 11.5. The number of fused-ring (bicyclic) bond motifs is 1. The maximum atomic E-state index is 5.72. The van der Waals surface area contributed by atoms with E-state index in [1.165, 1.54) is 0 Å². The molecule has 1 aromatic carbocycles. The molecule has 0 amide bonds. The Balaban J connectivity index is 2.06. The lowest BCUT2D eigenvalue weighted by atomic mass is 10.2. The second-order valence-electron chi connectivity index (χ2n) is 3.28. The van der Waals surface area contributed by atoms with Crippen LogP contribution in [0.2, 0.25) is 0 Å². The van der Waals surface area contributed by atoms with Crippen LogP contribution < -0.4 is 9.47 Å². The summed E-state index contributed by atoms with van der Waals surface area (Å²) in [6.07, 6.45) is 0.137. The molecule has 0 saturated carbocycles. The van der Waals surface area contributed by atoms with Gasteiger partial charge in [-0.2, -0.15) is 0 Å². The van der Waals surface area contributed by atoms with Gasteiger partial charge in [-0.1, -0.05) is 0 Å². The summed E-state index contributed by atoms with van der Waals surface area (Å²) in [7, 11) is 0. The molecular weight excluding hydrogens is 291 g/mol. The van der Waals surface area contributed by atoms with E-state index in [1.54, 1.807) is 6.07 Å². The Hall–Kier alpha value is -0.133. The van der Waals surface area contributed by atoms with Crippen molar-refractivity contribution in [1.82, 2.24) is 0 Å². The van der Waals surface area contributed by atoms with Crippen LogP contribution in [0.25, 0.3) is 0 Å². The molecule has 88 valence electrons. The van der Waals surface area contributed by atoms with Gasteiger partial charge in [-0.15, -0.1) is 33.2 Å². The molecule has 0 radical (unpaired) electrons. The molecule has 0 saturated heterocycles. The molecule has 0 aromatic heterocycles. The maximum Gasteiger partial charge on any atom is 0.377 e. The van der Waals surface area contributed by atoms with Crippen molar-refractivity contribution in [2.24, 2.45) is 0 Å². The van der Waals surface area contributed by atoms with Crippen molar-refractivity contribution < 1.29 is 14.2 Å². The first kappa shape index (κ1) is 12.3. The number of rotatable bonds is 3. The Morgan fingerprint density at radius 1 is 1.31 bits per heavy atom. The fourth-order valence-electron chi connectivity index (χ4n) is 1.32. The van der Waals surface area contributed by atoms with E-state index in [-0.39, 0.29) is 13.0 Å². The van der Waals surface area contributed by atoms with Crippen molar-refractivity contribution in [1.29, 1.82) is 0 Å². The summed E-state index contributed by atoms with van der Waals surface area (Å²) < 4.78 is 15.8. The summed E-state index contributed by atoms with van der Waals surface area (Å²) in [5.74, 6) is 1.47. The van der Waals surface area contributed by atoms with Crippen LogP contribution in [-0.2, 0) is 11.3 Å². The second kappa shape index (κ2) is 5.02. The van der Waals surface area contributed by atoms with E-state index in [1.807, 2.05) is 12.1 Å². The van der Waals surface area contributed by atoms with Gasteiger partial charge < -0.3 is 14.2 Å². The predicted octanol–water partition coefficient (Wildman–Crippen LogP) is 3.13. The minimum absolute atomic E-state index is 0.137. The van der Waals surface area contributed by atoms with E-state index < -0.39 is 6.00 Å². The monoisotopic (exact) mass is 298 g/mol. The summed E-state index contributed by atoms with van der Waals surface area (Å²) in [5, 5.41) is 0. The van der Waals surface area contributed by atoms with Crippen LogP contribution in [0, 0.1) is 0 Å². The van der Waals surface area contributed by atoms with Gasteiger partial charge in [0.15, 0.2) is 6.79 Å². The molecule has 0 spiro atoms. The lowest BCUT2D eigenvalue weighted by Gasteiger charge is -2.18. The maximum absolute atomic E-state index is 5.72. The predicted molar refractivity (Wildman–Crippen MR) is 65.5 cm³/mol. The summed E-state index contributed by atoms with van der Waals surface area (Å²) in [6.45, 7) is 0.798. The van der Waals surface area contributed by atoms with Crippen molar-refractivity contribution in [3.8, 4) is 11.5 Å². The number of benzene rings is 1. The Kier molecular flexibility index (Phi) is 3.87. The molecule has 0 unspecified atom stereocenters. The molecule has 1 heterocycles. The Morgan fingerprint density at radius 2 is 2.12 bits per heavy atom. The first-order chi connectivity index (χ1) is 7.54. The zero-order chi connectivity index (χ0) is 11.6. The Bertz CT molecular complexity index is 381. The molecule has 0 fully saturated rings. The standard InChI is InChI=1S/C9H9Cl3O3Si/c10-16(11,12)6-15-8-1-2-9-7(3-8)4-13-5-14-9/h1-3H,4-6H2. The Labute approximate surface area is 108 Å². The Morgan fingerprint density at radius 3 is 2.88 bits per heavy atom. The highest BCUT2D eigenvalue weighted by Gasteiger charge is 2.26. The third kappa shape index (κ3) is 3.43. The van der Waals surface area contributed by atoms with Crippen molar-refractivity contribution in [3.05, 3.63) is 23.8 Å². The van der Waals surface area contributed by atoms with Gasteiger partial charge in [-0.05, 0) is 18.2 Å².